The van der Waals surface area contributed by atoms with Crippen molar-refractivity contribution in [3.05, 3.63) is 24.0 Å². The normalized spacial score (nSPS) is 10.4. The molecule has 1 heterocycles. The van der Waals surface area contributed by atoms with Crippen molar-refractivity contribution >= 4 is 22.7 Å². The number of amides is 2. The number of aromatic hydroxyl groups is 1. The molecule has 0 radical (unpaired) electrons. The number of hydrogen-bond donors (Lipinski definition) is 3. The molecule has 0 aliphatic carbocycles. The van der Waals surface area contributed by atoms with Crippen LogP contribution in [-0.2, 0) is 0 Å². The Morgan fingerprint density at radius 2 is 2.19 bits per heavy atom. The van der Waals surface area contributed by atoms with E-state index in [2.05, 4.69) is 10.6 Å². The van der Waals surface area contributed by atoms with Gasteiger partial charge in [-0.2, -0.15) is 0 Å². The molecule has 0 aliphatic heterocycles. The highest BCUT2D eigenvalue weighted by molar-refractivity contribution is 5.95. The molecule has 2 amide bonds. The summed E-state index contributed by atoms with van der Waals surface area (Å²) < 4.78 is 5.14. The third kappa shape index (κ3) is 1.67. The fourth-order valence-electron chi connectivity index (χ4n) is 1.48. The number of carbonyl (C=O) groups excluding carboxylic acids is 1. The molecule has 0 saturated heterocycles. The zero-order valence-electron chi connectivity index (χ0n) is 9.00. The Labute approximate surface area is 92.1 Å². The molecule has 0 fully saturated rings. The third-order valence-electron chi connectivity index (χ3n) is 2.38. The standard InChI is InChI=1S/C11H12N2O3/c1-6-3-10-7(9(14)5-16-10)4-8(6)13-11(15)12-2/h3-5,14H,1-2H3,(H2,12,13,15). The molecule has 0 unspecified atom stereocenters. The van der Waals surface area contributed by atoms with E-state index in [1.54, 1.807) is 19.2 Å². The summed E-state index contributed by atoms with van der Waals surface area (Å²) in [6.07, 6.45) is 1.27. The summed E-state index contributed by atoms with van der Waals surface area (Å²) in [7, 11) is 1.54. The number of hydrogen-bond acceptors (Lipinski definition) is 3. The highest BCUT2D eigenvalue weighted by Crippen LogP contribution is 2.31. The lowest BCUT2D eigenvalue weighted by Crippen LogP contribution is -2.24. The van der Waals surface area contributed by atoms with Crippen LogP contribution in [0.3, 0.4) is 0 Å². The van der Waals surface area contributed by atoms with E-state index in [0.717, 1.165) is 5.56 Å². The van der Waals surface area contributed by atoms with Crippen molar-refractivity contribution < 1.29 is 14.3 Å². The van der Waals surface area contributed by atoms with Crippen LogP contribution in [0.2, 0.25) is 0 Å². The summed E-state index contributed by atoms with van der Waals surface area (Å²) in [5, 5.41) is 15.2. The summed E-state index contributed by atoms with van der Waals surface area (Å²) in [6.45, 7) is 1.85. The maximum atomic E-state index is 11.2. The SMILES string of the molecule is CNC(=O)Nc1cc2c(O)coc2cc1C. The zero-order valence-corrected chi connectivity index (χ0v) is 9.00. The monoisotopic (exact) mass is 220 g/mol. The largest absolute Gasteiger partial charge is 0.504 e. The number of anilines is 1. The van der Waals surface area contributed by atoms with E-state index in [1.807, 2.05) is 6.92 Å². The summed E-state index contributed by atoms with van der Waals surface area (Å²) in [6, 6.07) is 3.14. The van der Waals surface area contributed by atoms with Gasteiger partial charge in [-0.25, -0.2) is 4.79 Å². The average molecular weight is 220 g/mol. The molecular weight excluding hydrogens is 208 g/mol. The number of carbonyl (C=O) groups is 1. The third-order valence-corrected chi connectivity index (χ3v) is 2.38. The smallest absolute Gasteiger partial charge is 0.318 e. The van der Waals surface area contributed by atoms with E-state index in [0.29, 0.717) is 16.7 Å². The Bertz CT molecular complexity index is 545. The number of rotatable bonds is 1. The van der Waals surface area contributed by atoms with Crippen LogP contribution in [0.5, 0.6) is 5.75 Å². The van der Waals surface area contributed by atoms with E-state index in [-0.39, 0.29) is 11.8 Å². The van der Waals surface area contributed by atoms with Gasteiger partial charge in [-0.05, 0) is 24.6 Å². The molecule has 0 aliphatic rings. The van der Waals surface area contributed by atoms with Gasteiger partial charge < -0.3 is 20.2 Å². The van der Waals surface area contributed by atoms with E-state index in [9.17, 15) is 9.90 Å². The molecule has 16 heavy (non-hydrogen) atoms. The molecule has 3 N–H and O–H groups in total. The first-order valence-electron chi connectivity index (χ1n) is 4.81. The average Bonchev–Trinajstić information content (AvgIpc) is 2.61. The minimum Gasteiger partial charge on any atom is -0.504 e. The van der Waals surface area contributed by atoms with E-state index in [4.69, 9.17) is 4.42 Å². The number of furan rings is 1. The van der Waals surface area contributed by atoms with E-state index < -0.39 is 0 Å². The van der Waals surface area contributed by atoms with Gasteiger partial charge in [-0.15, -0.1) is 0 Å². The highest BCUT2D eigenvalue weighted by Gasteiger charge is 2.09. The fraction of sp³-hybridized carbons (Fsp3) is 0.182. The van der Waals surface area contributed by atoms with Crippen molar-refractivity contribution in [2.45, 2.75) is 6.92 Å². The molecule has 2 rings (SSSR count). The van der Waals surface area contributed by atoms with Crippen LogP contribution in [-0.4, -0.2) is 18.2 Å². The number of fused-ring (bicyclic) bond motifs is 1. The molecule has 1 aromatic heterocycles. The Balaban J connectivity index is 2.48. The van der Waals surface area contributed by atoms with Crippen LogP contribution in [0.25, 0.3) is 11.0 Å². The van der Waals surface area contributed by atoms with Crippen molar-refractivity contribution in [3.63, 3.8) is 0 Å². The summed E-state index contributed by atoms with van der Waals surface area (Å²) in [5.41, 5.74) is 2.10. The molecule has 0 saturated carbocycles. The predicted octanol–water partition coefficient (Wildman–Crippen LogP) is 2.20. The van der Waals surface area contributed by atoms with Gasteiger partial charge in [0, 0.05) is 12.7 Å². The predicted molar refractivity (Wildman–Crippen MR) is 60.7 cm³/mol. The van der Waals surface area contributed by atoms with Crippen molar-refractivity contribution in [3.8, 4) is 5.75 Å². The first-order valence-corrected chi connectivity index (χ1v) is 4.81. The molecule has 0 atom stereocenters. The van der Waals surface area contributed by atoms with Crippen LogP contribution < -0.4 is 10.6 Å². The first-order chi connectivity index (χ1) is 7.61. The molecule has 5 nitrogen and oxygen atoms in total. The second kappa shape index (κ2) is 3.77. The molecule has 5 heteroatoms. The van der Waals surface area contributed by atoms with Crippen LogP contribution in [0, 0.1) is 6.92 Å². The summed E-state index contributed by atoms with van der Waals surface area (Å²) in [4.78, 5) is 11.2. The molecule has 0 bridgehead atoms. The lowest BCUT2D eigenvalue weighted by molar-refractivity contribution is 0.254. The lowest BCUT2D eigenvalue weighted by atomic mass is 10.1. The molecule has 2 aromatic rings. The van der Waals surface area contributed by atoms with Crippen molar-refractivity contribution in [1.82, 2.24) is 5.32 Å². The topological polar surface area (TPSA) is 74.5 Å². The molecule has 0 spiro atoms. The lowest BCUT2D eigenvalue weighted by Gasteiger charge is -2.07. The number of nitrogens with one attached hydrogen (secondary N) is 2. The van der Waals surface area contributed by atoms with Crippen LogP contribution in [0.4, 0.5) is 10.5 Å². The maximum Gasteiger partial charge on any atom is 0.318 e. The number of benzene rings is 1. The van der Waals surface area contributed by atoms with Crippen LogP contribution >= 0.6 is 0 Å². The van der Waals surface area contributed by atoms with Gasteiger partial charge >= 0.3 is 6.03 Å². The maximum absolute atomic E-state index is 11.2. The first kappa shape index (κ1) is 10.4. The van der Waals surface area contributed by atoms with Gasteiger partial charge in [0.1, 0.15) is 11.8 Å². The summed E-state index contributed by atoms with van der Waals surface area (Å²) >= 11 is 0. The van der Waals surface area contributed by atoms with E-state index >= 15 is 0 Å². The highest BCUT2D eigenvalue weighted by atomic mass is 16.4. The van der Waals surface area contributed by atoms with Gasteiger partial charge in [0.25, 0.3) is 0 Å². The Kier molecular flexibility index (Phi) is 2.44. The van der Waals surface area contributed by atoms with Gasteiger partial charge in [-0.3, -0.25) is 0 Å². The minimum absolute atomic E-state index is 0.0648. The Morgan fingerprint density at radius 1 is 1.44 bits per heavy atom. The van der Waals surface area contributed by atoms with Gasteiger partial charge in [-0.1, -0.05) is 0 Å². The van der Waals surface area contributed by atoms with Crippen molar-refractivity contribution in [2.24, 2.45) is 0 Å². The van der Waals surface area contributed by atoms with E-state index in [1.165, 1.54) is 6.26 Å². The second-order valence-corrected chi connectivity index (χ2v) is 3.49. The fourth-order valence-corrected chi connectivity index (χ4v) is 1.48. The minimum atomic E-state index is -0.301. The van der Waals surface area contributed by atoms with Gasteiger partial charge in [0.15, 0.2) is 5.75 Å². The quantitative estimate of drug-likeness (QED) is 0.689. The van der Waals surface area contributed by atoms with Crippen molar-refractivity contribution in [2.75, 3.05) is 12.4 Å². The Morgan fingerprint density at radius 3 is 2.88 bits per heavy atom. The Hall–Kier alpha value is -2.17. The number of urea groups is 1. The van der Waals surface area contributed by atoms with Gasteiger partial charge in [0.2, 0.25) is 0 Å². The number of aryl methyl sites for hydroxylation is 1. The molecular formula is C11H12N2O3. The molecule has 1 aromatic carbocycles. The van der Waals surface area contributed by atoms with Crippen LogP contribution in [0.15, 0.2) is 22.8 Å². The van der Waals surface area contributed by atoms with Crippen molar-refractivity contribution in [1.29, 1.82) is 0 Å². The van der Waals surface area contributed by atoms with Gasteiger partial charge in [0.05, 0.1) is 5.39 Å². The second-order valence-electron chi connectivity index (χ2n) is 3.49. The zero-order chi connectivity index (χ0) is 11.7. The summed E-state index contributed by atoms with van der Waals surface area (Å²) in [5.74, 6) is 0.0648. The van der Waals surface area contributed by atoms with Crippen LogP contribution in [0.1, 0.15) is 5.56 Å². The molecule has 84 valence electrons.